The first kappa shape index (κ1) is 24.0. The van der Waals surface area contributed by atoms with Crippen molar-refractivity contribution in [2.45, 2.75) is 23.0 Å². The van der Waals surface area contributed by atoms with Crippen LogP contribution in [0, 0.1) is 10.1 Å². The molecular weight excluding hydrogens is 448 g/mol. The van der Waals surface area contributed by atoms with Gasteiger partial charge in [-0.25, -0.2) is 13.2 Å². The zero-order chi connectivity index (χ0) is 24.2. The van der Waals surface area contributed by atoms with Crippen LogP contribution in [0.1, 0.15) is 12.0 Å². The zero-order valence-electron chi connectivity index (χ0n) is 18.2. The number of hydrogen-bond donors (Lipinski definition) is 1. The average molecular weight is 473 g/mol. The largest absolute Gasteiger partial charge is 0.505 e. The summed E-state index contributed by atoms with van der Waals surface area (Å²) in [7, 11) is -0.243. The van der Waals surface area contributed by atoms with Gasteiger partial charge in [0.15, 0.2) is 9.84 Å². The summed E-state index contributed by atoms with van der Waals surface area (Å²) in [4.78, 5) is 23.3. The number of benzene rings is 3. The fourth-order valence-corrected chi connectivity index (χ4v) is 5.47. The van der Waals surface area contributed by atoms with E-state index in [0.717, 1.165) is 11.1 Å². The molecule has 0 aliphatic rings. The first-order valence-corrected chi connectivity index (χ1v) is 11.7. The summed E-state index contributed by atoms with van der Waals surface area (Å²) in [5.41, 5.74) is 1.49. The highest BCUT2D eigenvalue weighted by molar-refractivity contribution is 7.92. The van der Waals surface area contributed by atoms with Crippen LogP contribution in [0.25, 0.3) is 10.8 Å². The van der Waals surface area contributed by atoms with Gasteiger partial charge in [-0.2, -0.15) is 0 Å². The summed E-state index contributed by atoms with van der Waals surface area (Å²) < 4.78 is 31.9. The Hall–Kier alpha value is -3.66. The molecule has 33 heavy (non-hydrogen) atoms. The van der Waals surface area contributed by atoms with Crippen LogP contribution < -0.4 is 4.90 Å². The zero-order valence-corrected chi connectivity index (χ0v) is 19.0. The van der Waals surface area contributed by atoms with E-state index in [1.165, 1.54) is 18.2 Å². The maximum absolute atomic E-state index is 13.6. The molecular formula is C23H24N2O7S. The van der Waals surface area contributed by atoms with E-state index in [2.05, 4.69) is 4.74 Å². The minimum absolute atomic E-state index is 0.0652. The molecule has 10 heteroatoms. The number of nitrogens with zero attached hydrogens (tertiary/aromatic N) is 2. The highest BCUT2D eigenvalue weighted by Gasteiger charge is 2.30. The standard InChI is InChI=1S/C23H24N2O7S/c1-24(2)21-7-3-6-20-19(21)5-4-8-22(20)33(30,31)18(15-32-23(26)27)14-11-16-9-12-17(13-10-16)25(28)29/h3-10,12-13,18H,11,14-15H2,1-2H3,(H,26,27). The fourth-order valence-electron chi connectivity index (χ4n) is 3.69. The number of anilines is 1. The summed E-state index contributed by atoms with van der Waals surface area (Å²) >= 11 is 0. The smallest absolute Gasteiger partial charge is 0.450 e. The van der Waals surface area contributed by atoms with E-state index in [9.17, 15) is 23.3 Å². The van der Waals surface area contributed by atoms with Crippen LogP contribution in [0.2, 0.25) is 0 Å². The Labute approximate surface area is 191 Å². The van der Waals surface area contributed by atoms with Crippen LogP contribution in [0.3, 0.4) is 0 Å². The number of rotatable bonds is 9. The number of hydrogen-bond acceptors (Lipinski definition) is 7. The quantitative estimate of drug-likeness (QED) is 0.278. The molecule has 0 heterocycles. The van der Waals surface area contributed by atoms with E-state index >= 15 is 0 Å². The minimum atomic E-state index is -3.97. The number of carbonyl (C=O) groups is 1. The van der Waals surface area contributed by atoms with Gasteiger partial charge in [-0.1, -0.05) is 36.4 Å². The molecule has 3 aromatic carbocycles. The molecule has 0 bridgehead atoms. The second-order valence-corrected chi connectivity index (χ2v) is 9.93. The van der Waals surface area contributed by atoms with E-state index in [-0.39, 0.29) is 23.4 Å². The van der Waals surface area contributed by atoms with E-state index in [4.69, 9.17) is 5.11 Å². The Bertz CT molecular complexity index is 1270. The van der Waals surface area contributed by atoms with Gasteiger partial charge in [0.05, 0.1) is 9.82 Å². The lowest BCUT2D eigenvalue weighted by Gasteiger charge is -2.20. The molecule has 1 N–H and O–H groups in total. The van der Waals surface area contributed by atoms with Gasteiger partial charge in [0.1, 0.15) is 11.9 Å². The van der Waals surface area contributed by atoms with Crippen molar-refractivity contribution in [1.82, 2.24) is 0 Å². The number of carboxylic acid groups (broad SMARTS) is 1. The molecule has 0 saturated heterocycles. The number of fused-ring (bicyclic) bond motifs is 1. The first-order chi connectivity index (χ1) is 15.6. The lowest BCUT2D eigenvalue weighted by atomic mass is 10.1. The van der Waals surface area contributed by atoms with Crippen molar-refractivity contribution < 1.29 is 28.0 Å². The van der Waals surface area contributed by atoms with Gasteiger partial charge in [0.25, 0.3) is 5.69 Å². The Morgan fingerprint density at radius 2 is 1.70 bits per heavy atom. The van der Waals surface area contributed by atoms with Crippen LogP contribution in [0.5, 0.6) is 0 Å². The number of aryl methyl sites for hydroxylation is 1. The molecule has 3 rings (SSSR count). The third-order valence-corrected chi connectivity index (χ3v) is 7.60. The highest BCUT2D eigenvalue weighted by atomic mass is 32.2. The van der Waals surface area contributed by atoms with Crippen molar-refractivity contribution >= 4 is 38.1 Å². The second kappa shape index (κ2) is 9.86. The molecule has 0 aliphatic carbocycles. The van der Waals surface area contributed by atoms with Crippen molar-refractivity contribution in [3.63, 3.8) is 0 Å². The van der Waals surface area contributed by atoms with E-state index in [1.54, 1.807) is 30.3 Å². The molecule has 0 fully saturated rings. The van der Waals surface area contributed by atoms with Gasteiger partial charge >= 0.3 is 6.16 Å². The second-order valence-electron chi connectivity index (χ2n) is 7.73. The first-order valence-electron chi connectivity index (χ1n) is 10.1. The molecule has 0 spiro atoms. The van der Waals surface area contributed by atoms with Crippen molar-refractivity contribution in [3.05, 3.63) is 76.3 Å². The minimum Gasteiger partial charge on any atom is -0.450 e. The number of nitro benzene ring substituents is 1. The summed E-state index contributed by atoms with van der Waals surface area (Å²) in [6.45, 7) is -0.519. The van der Waals surface area contributed by atoms with Crippen molar-refractivity contribution in [2.75, 3.05) is 25.6 Å². The summed E-state index contributed by atoms with van der Waals surface area (Å²) in [5.74, 6) is 0. The van der Waals surface area contributed by atoms with Crippen LogP contribution in [0.15, 0.2) is 65.6 Å². The topological polar surface area (TPSA) is 127 Å². The number of nitro groups is 1. The Morgan fingerprint density at radius 3 is 2.30 bits per heavy atom. The van der Waals surface area contributed by atoms with Crippen molar-refractivity contribution in [1.29, 1.82) is 0 Å². The predicted octanol–water partition coefficient (Wildman–Crippen LogP) is 4.28. The Balaban J connectivity index is 1.96. The average Bonchev–Trinajstić information content (AvgIpc) is 2.78. The summed E-state index contributed by atoms with van der Waals surface area (Å²) in [6.07, 6.45) is -1.20. The van der Waals surface area contributed by atoms with Gasteiger partial charge in [-0.3, -0.25) is 10.1 Å². The van der Waals surface area contributed by atoms with Gasteiger partial charge < -0.3 is 14.7 Å². The van der Waals surface area contributed by atoms with Gasteiger partial charge in [-0.15, -0.1) is 0 Å². The van der Waals surface area contributed by atoms with Crippen molar-refractivity contribution in [3.8, 4) is 0 Å². The lowest BCUT2D eigenvalue weighted by Crippen LogP contribution is -2.29. The lowest BCUT2D eigenvalue weighted by molar-refractivity contribution is -0.384. The molecule has 1 unspecified atom stereocenters. The molecule has 0 saturated carbocycles. The van der Waals surface area contributed by atoms with Gasteiger partial charge in [0, 0.05) is 42.7 Å². The van der Waals surface area contributed by atoms with Crippen LogP contribution in [-0.2, 0) is 21.0 Å². The van der Waals surface area contributed by atoms with Crippen LogP contribution in [0.4, 0.5) is 16.2 Å². The number of sulfone groups is 1. The molecule has 3 aromatic rings. The van der Waals surface area contributed by atoms with Crippen molar-refractivity contribution in [2.24, 2.45) is 0 Å². The van der Waals surface area contributed by atoms with Gasteiger partial charge in [-0.05, 0) is 30.5 Å². The normalized spacial score (nSPS) is 12.3. The monoisotopic (exact) mass is 472 g/mol. The predicted molar refractivity (Wildman–Crippen MR) is 125 cm³/mol. The molecule has 0 amide bonds. The molecule has 1 atom stereocenters. The SMILES string of the molecule is CN(C)c1cccc2c(S(=O)(=O)C(CCc3ccc([N+](=O)[O-])cc3)COC(=O)O)cccc12. The number of non-ortho nitro benzene ring substituents is 1. The molecule has 174 valence electrons. The highest BCUT2D eigenvalue weighted by Crippen LogP contribution is 2.32. The van der Waals surface area contributed by atoms with E-state index in [1.807, 2.05) is 31.1 Å². The van der Waals surface area contributed by atoms with Crippen LogP contribution in [-0.4, -0.2) is 50.6 Å². The van der Waals surface area contributed by atoms with E-state index < -0.39 is 32.8 Å². The Morgan fingerprint density at radius 1 is 1.06 bits per heavy atom. The van der Waals surface area contributed by atoms with Gasteiger partial charge in [0.2, 0.25) is 0 Å². The molecule has 9 nitrogen and oxygen atoms in total. The summed E-state index contributed by atoms with van der Waals surface area (Å²) in [5, 5.41) is 20.0. The molecule has 0 aromatic heterocycles. The Kier molecular flexibility index (Phi) is 7.17. The molecule has 0 aliphatic heterocycles. The third kappa shape index (κ3) is 5.40. The molecule has 0 radical (unpaired) electrons. The maximum Gasteiger partial charge on any atom is 0.505 e. The van der Waals surface area contributed by atoms with E-state index in [0.29, 0.717) is 10.9 Å². The maximum atomic E-state index is 13.6. The summed E-state index contributed by atoms with van der Waals surface area (Å²) in [6, 6.07) is 16.2. The third-order valence-electron chi connectivity index (χ3n) is 5.38. The fraction of sp³-hybridized carbons (Fsp3) is 0.261. The van der Waals surface area contributed by atoms with Crippen LogP contribution >= 0.6 is 0 Å². The number of ether oxygens (including phenoxy) is 1.